The molecule has 5 amide bonds. The Balaban J connectivity index is 1.35. The van der Waals surface area contributed by atoms with Crippen LogP contribution in [-0.2, 0) is 104 Å². The van der Waals surface area contributed by atoms with Crippen molar-refractivity contribution in [3.63, 3.8) is 0 Å². The van der Waals surface area contributed by atoms with Crippen LogP contribution >= 0.6 is 0 Å². The van der Waals surface area contributed by atoms with Gasteiger partial charge in [0.2, 0.25) is 23.3 Å². The average Bonchev–Trinajstić information content (AvgIpc) is 1.18. The number of terminal acetylenes is 1. The maximum Gasteiger partial charge on any atom is 0.508 e. The van der Waals surface area contributed by atoms with Gasteiger partial charge in [0, 0.05) is 45.5 Å². The Morgan fingerprint density at radius 3 is 1.74 bits per heavy atom. The number of hydrogen-bond donors (Lipinski definition) is 5. The molecule has 5 N–H and O–H groups in total. The lowest BCUT2D eigenvalue weighted by atomic mass is 9.87. The summed E-state index contributed by atoms with van der Waals surface area (Å²) in [6.07, 6.45) is -2.58. The molecular weight excluding hydrogens is 1300 g/mol. The molecule has 0 aromatic carbocycles. The molecule has 2 fully saturated rings. The Morgan fingerprint density at radius 1 is 0.643 bits per heavy atom. The maximum atomic E-state index is 13.7. The lowest BCUT2D eigenvalue weighted by Gasteiger charge is -2.41. The number of nitrogens with one attached hydrogen (secondary N) is 5. The van der Waals surface area contributed by atoms with Crippen LogP contribution in [0, 0.1) is 18.3 Å². The zero-order valence-electron chi connectivity index (χ0n) is 57.7. The summed E-state index contributed by atoms with van der Waals surface area (Å²) in [5.74, 6) is -2.26. The number of alkyl carbamates (subject to hydrolysis) is 3. The summed E-state index contributed by atoms with van der Waals surface area (Å²) in [5.41, 5.74) is -1.67. The second kappa shape index (κ2) is 42.2. The van der Waals surface area contributed by atoms with E-state index in [9.17, 15) is 47.9 Å². The van der Waals surface area contributed by atoms with E-state index in [2.05, 4.69) is 44.1 Å². The summed E-state index contributed by atoms with van der Waals surface area (Å²) in [7, 11) is 2.25. The molecule has 98 heavy (non-hydrogen) atoms. The zero-order valence-corrected chi connectivity index (χ0v) is 57.7. The fourth-order valence-electron chi connectivity index (χ4n) is 9.79. The third-order valence-electron chi connectivity index (χ3n) is 14.2. The number of amidine groups is 1. The van der Waals surface area contributed by atoms with Crippen molar-refractivity contribution in [1.82, 2.24) is 31.5 Å². The third kappa shape index (κ3) is 30.8. The number of aliphatic imine (C=N–C) groups is 1. The first-order valence-electron chi connectivity index (χ1n) is 32.1. The van der Waals surface area contributed by atoms with Crippen LogP contribution in [0.2, 0.25) is 0 Å². The maximum absolute atomic E-state index is 13.7. The van der Waals surface area contributed by atoms with E-state index < -0.39 is 133 Å². The van der Waals surface area contributed by atoms with E-state index in [0.29, 0.717) is 58.7 Å². The normalized spacial score (nSPS) is 21.1. The van der Waals surface area contributed by atoms with E-state index in [1.165, 1.54) is 26.0 Å². The van der Waals surface area contributed by atoms with Crippen molar-refractivity contribution in [3.8, 4) is 12.3 Å². The van der Waals surface area contributed by atoms with Gasteiger partial charge in [0.1, 0.15) is 48.8 Å². The molecule has 0 aliphatic carbocycles. The minimum absolute atomic E-state index is 0.0414. The molecule has 4 heterocycles. The minimum Gasteiger partial charge on any atom is -0.479 e. The molecule has 4 aliphatic heterocycles. The number of methoxy groups -OCH3 is 2. The topological polar surface area (TPSA) is 403 Å². The molecule has 550 valence electrons. The SMILES string of the molecule is C#CCOCCOCCOCCOCCC(=O)N(CCCCCCNC(=O)O[C@@H]([C@H]1OC(C(=O)OC)=C[C@H](NC(=C)NC(=O)OC(C)(C)C)[C@H]1NC(C)=O)[C@H]1COC(=O)O1)CCOCCCC(=O)O[C@@H]([C@@H]1OC(C(=O)OC)=C[C@H](N=C(C)NC(=O)OC(C)(C)C)[C@H]1C)[C@H]1COC(=O)O1. The Morgan fingerprint density at radius 2 is 1.18 bits per heavy atom. The smallest absolute Gasteiger partial charge is 0.479 e. The van der Waals surface area contributed by atoms with Crippen LogP contribution in [0.3, 0.4) is 0 Å². The highest BCUT2D eigenvalue weighted by Gasteiger charge is 2.51. The molecule has 0 bridgehead atoms. The van der Waals surface area contributed by atoms with Gasteiger partial charge in [-0.05, 0) is 79.9 Å². The van der Waals surface area contributed by atoms with Crippen molar-refractivity contribution >= 4 is 66.1 Å². The highest BCUT2D eigenvalue weighted by Crippen LogP contribution is 2.34. The lowest BCUT2D eigenvalue weighted by molar-refractivity contribution is -0.172. The highest BCUT2D eigenvalue weighted by atomic mass is 16.8. The number of carbonyl (C=O) groups excluding carboxylic acids is 10. The largest absolute Gasteiger partial charge is 0.508 e. The van der Waals surface area contributed by atoms with Crippen molar-refractivity contribution in [2.24, 2.45) is 10.9 Å². The second-order valence-corrected chi connectivity index (χ2v) is 24.4. The van der Waals surface area contributed by atoms with Crippen molar-refractivity contribution in [3.05, 3.63) is 36.1 Å². The zero-order chi connectivity index (χ0) is 72.4. The van der Waals surface area contributed by atoms with E-state index in [4.69, 9.17) is 87.0 Å². The summed E-state index contributed by atoms with van der Waals surface area (Å²) >= 11 is 0. The Labute approximate surface area is 570 Å². The minimum atomic E-state index is -1.54. The number of amides is 5. The number of nitrogens with zero attached hydrogens (tertiary/aromatic N) is 2. The number of rotatable bonds is 40. The van der Waals surface area contributed by atoms with Gasteiger partial charge in [-0.25, -0.2) is 33.6 Å². The van der Waals surface area contributed by atoms with Crippen molar-refractivity contribution in [2.75, 3.05) is 113 Å². The van der Waals surface area contributed by atoms with Gasteiger partial charge < -0.3 is 101 Å². The van der Waals surface area contributed by atoms with Gasteiger partial charge in [0.25, 0.3) is 0 Å². The molecule has 34 heteroatoms. The van der Waals surface area contributed by atoms with Gasteiger partial charge in [-0.3, -0.25) is 30.0 Å². The van der Waals surface area contributed by atoms with Crippen molar-refractivity contribution in [2.45, 2.75) is 173 Å². The molecule has 0 aromatic rings. The first-order valence-corrected chi connectivity index (χ1v) is 32.1. The van der Waals surface area contributed by atoms with Gasteiger partial charge in [-0.2, -0.15) is 0 Å². The molecule has 0 aromatic heterocycles. The Hall–Kier alpha value is -8.65. The van der Waals surface area contributed by atoms with Crippen molar-refractivity contribution < 1.29 is 128 Å². The molecule has 0 radical (unpaired) electrons. The Bertz CT molecular complexity index is 2810. The lowest BCUT2D eigenvalue weighted by Crippen LogP contribution is -2.64. The van der Waals surface area contributed by atoms with Gasteiger partial charge in [-0.15, -0.1) is 6.42 Å². The van der Waals surface area contributed by atoms with E-state index >= 15 is 0 Å². The monoisotopic (exact) mass is 1400 g/mol. The van der Waals surface area contributed by atoms with Gasteiger partial charge in [-0.1, -0.05) is 32.3 Å². The summed E-state index contributed by atoms with van der Waals surface area (Å²) in [4.78, 5) is 135. The molecule has 34 nitrogen and oxygen atoms in total. The summed E-state index contributed by atoms with van der Waals surface area (Å²) in [5, 5.41) is 13.3. The predicted octanol–water partition coefficient (Wildman–Crippen LogP) is 3.66. The third-order valence-corrected chi connectivity index (χ3v) is 14.2. The second-order valence-electron chi connectivity index (χ2n) is 24.4. The molecule has 0 unspecified atom stereocenters. The number of carbonyl (C=O) groups is 10. The first kappa shape index (κ1) is 81.8. The average molecular weight is 1400 g/mol. The summed E-state index contributed by atoms with van der Waals surface area (Å²) < 4.78 is 93.0. The van der Waals surface area contributed by atoms with Crippen LogP contribution in [0.1, 0.15) is 107 Å². The number of cyclic esters (lactones) is 4. The van der Waals surface area contributed by atoms with Gasteiger partial charge in [0.05, 0.1) is 91.6 Å². The molecule has 2 saturated heterocycles. The summed E-state index contributed by atoms with van der Waals surface area (Å²) in [6, 6.07) is -3.15. The van der Waals surface area contributed by atoms with Crippen molar-refractivity contribution in [1.29, 1.82) is 0 Å². The van der Waals surface area contributed by atoms with Crippen LogP contribution in [-0.4, -0.2) is 250 Å². The van der Waals surface area contributed by atoms with Gasteiger partial charge in [0.15, 0.2) is 30.5 Å². The van der Waals surface area contributed by atoms with E-state index in [1.54, 1.807) is 53.4 Å². The molecular formula is C64H97N7O27. The number of unbranched alkanes of at least 4 members (excludes halogenated alkanes) is 3. The summed E-state index contributed by atoms with van der Waals surface area (Å²) in [6.45, 7) is 20.5. The predicted molar refractivity (Wildman–Crippen MR) is 341 cm³/mol. The molecule has 4 aliphatic rings. The fraction of sp³-hybridized carbons (Fsp3) is 0.703. The van der Waals surface area contributed by atoms with Crippen LogP contribution in [0.4, 0.5) is 24.0 Å². The molecule has 4 rings (SSSR count). The standard InChI is InChI=1S/C64H97N7O27/c1-14-25-84-29-31-87-33-34-88-32-30-86-27-21-49(73)71(24-28-85-26-19-20-50(74)95-53(47-37-89-61(80)93-47)52-39(2)43(35-45(91-52)56(75)82-12)66-40(3)68-59(78)97-63(6,7)8)23-18-16-15-17-22-65-58(77)96-54(48-38-90-62(81)94-48)55-51(70-42(5)72)44(36-46(92-55)57(76)83-13)67-41(4)69-60(79)98-64(9,10)11/h1,35-36,39,43-44,47-48,51-55,67H,4,15-34,37-38H2,2-3,5-13H3,(H,65,77)(H,69,79)(H,70,72)(H,66,68,78)/t39-,43+,44+,47-,48-,51-,52-,53-,54-,55+/m1/s1. The fourth-order valence-corrected chi connectivity index (χ4v) is 9.79. The van der Waals surface area contributed by atoms with E-state index in [-0.39, 0.29) is 108 Å². The van der Waals surface area contributed by atoms with Gasteiger partial charge >= 0.3 is 48.5 Å². The number of ether oxygens (including phenoxy) is 17. The molecule has 10 atom stereocenters. The number of esters is 3. The highest BCUT2D eigenvalue weighted by molar-refractivity contribution is 5.94. The molecule has 0 spiro atoms. The van der Waals surface area contributed by atoms with Crippen LogP contribution in [0.25, 0.3) is 0 Å². The molecule has 0 saturated carbocycles. The van der Waals surface area contributed by atoms with E-state index in [0.717, 1.165) is 14.2 Å². The van der Waals surface area contributed by atoms with Crippen LogP contribution in [0.5, 0.6) is 0 Å². The van der Waals surface area contributed by atoms with Crippen LogP contribution < -0.4 is 26.6 Å². The first-order chi connectivity index (χ1) is 46.5. The number of hydrogen-bond acceptors (Lipinski definition) is 29. The Kier molecular flexibility index (Phi) is 35.2. The van der Waals surface area contributed by atoms with Crippen LogP contribution in [0.15, 0.2) is 41.1 Å². The quantitative estimate of drug-likeness (QED) is 0.0146. The van der Waals surface area contributed by atoms with E-state index in [1.807, 2.05) is 0 Å².